The van der Waals surface area contributed by atoms with Crippen molar-refractivity contribution in [2.75, 3.05) is 13.2 Å². The van der Waals surface area contributed by atoms with Crippen LogP contribution in [0.25, 0.3) is 16.6 Å². The zero-order valence-corrected chi connectivity index (χ0v) is 12.8. The Labute approximate surface area is 134 Å². The number of benzene rings is 2. The smallest absolute Gasteiger partial charge is 0.167 e. The van der Waals surface area contributed by atoms with Crippen LogP contribution in [0.1, 0.15) is 22.3 Å². The van der Waals surface area contributed by atoms with E-state index in [0.29, 0.717) is 12.0 Å². The minimum atomic E-state index is -0.157. The fourth-order valence-electron chi connectivity index (χ4n) is 2.92. The van der Waals surface area contributed by atoms with Crippen molar-refractivity contribution in [3.63, 3.8) is 0 Å². The number of carbonyl (C=O) groups is 1. The molecule has 0 saturated heterocycles. The van der Waals surface area contributed by atoms with Crippen LogP contribution in [-0.2, 0) is 6.42 Å². The first-order valence-corrected chi connectivity index (χ1v) is 7.69. The maximum Gasteiger partial charge on any atom is 0.167 e. The summed E-state index contributed by atoms with van der Waals surface area (Å²) < 4.78 is 1.99. The third-order valence-corrected chi connectivity index (χ3v) is 3.98. The number of fused-ring (bicyclic) bond motifs is 1. The van der Waals surface area contributed by atoms with Gasteiger partial charge in [0, 0.05) is 30.2 Å². The molecule has 0 aliphatic rings. The molecule has 0 amide bonds. The third kappa shape index (κ3) is 2.91. The van der Waals surface area contributed by atoms with E-state index in [1.54, 1.807) is 6.07 Å². The molecule has 0 unspecified atom stereocenters. The fraction of sp³-hybridized carbons (Fsp3) is 0.211. The lowest BCUT2D eigenvalue weighted by Crippen LogP contribution is -2.07. The van der Waals surface area contributed by atoms with Gasteiger partial charge >= 0.3 is 0 Å². The molecule has 0 atom stereocenters. The molecule has 1 aromatic heterocycles. The highest BCUT2D eigenvalue weighted by molar-refractivity contribution is 6.00. The van der Waals surface area contributed by atoms with E-state index in [1.165, 1.54) is 0 Å². The summed E-state index contributed by atoms with van der Waals surface area (Å²) in [5.74, 6) is -0.0791. The van der Waals surface area contributed by atoms with Crippen molar-refractivity contribution < 1.29 is 15.0 Å². The summed E-state index contributed by atoms with van der Waals surface area (Å²) in [7, 11) is 0. The minimum absolute atomic E-state index is 0.0791. The number of Topliss-reactive ketones (excluding diaryl/α,β-unsaturated/α-hetero) is 1. The van der Waals surface area contributed by atoms with E-state index < -0.39 is 0 Å². The quantitative estimate of drug-likeness (QED) is 0.688. The zero-order chi connectivity index (χ0) is 16.2. The van der Waals surface area contributed by atoms with Gasteiger partial charge in [-0.15, -0.1) is 0 Å². The highest BCUT2D eigenvalue weighted by Gasteiger charge is 2.15. The fourth-order valence-corrected chi connectivity index (χ4v) is 2.92. The van der Waals surface area contributed by atoms with Crippen molar-refractivity contribution in [3.05, 3.63) is 65.9 Å². The number of hydrogen-bond donors (Lipinski definition) is 2. The first-order chi connectivity index (χ1) is 11.3. The summed E-state index contributed by atoms with van der Waals surface area (Å²) in [4.78, 5) is 12.3. The Hall–Kier alpha value is -2.43. The van der Waals surface area contributed by atoms with Gasteiger partial charge in [-0.1, -0.05) is 30.3 Å². The van der Waals surface area contributed by atoms with Gasteiger partial charge in [0.1, 0.15) is 0 Å². The summed E-state index contributed by atoms with van der Waals surface area (Å²) in [5.41, 5.74) is 3.44. The van der Waals surface area contributed by atoms with Gasteiger partial charge in [0.15, 0.2) is 5.78 Å². The highest BCUT2D eigenvalue weighted by atomic mass is 16.3. The Balaban J connectivity index is 2.20. The maximum absolute atomic E-state index is 12.3. The zero-order valence-electron chi connectivity index (χ0n) is 12.8. The number of aromatic nitrogens is 1. The van der Waals surface area contributed by atoms with Crippen LogP contribution in [0.3, 0.4) is 0 Å². The molecule has 0 fully saturated rings. The van der Waals surface area contributed by atoms with Gasteiger partial charge in [0.2, 0.25) is 0 Å². The second-order valence-electron chi connectivity index (χ2n) is 5.43. The molecule has 4 heteroatoms. The van der Waals surface area contributed by atoms with Crippen LogP contribution in [0, 0.1) is 0 Å². The lowest BCUT2D eigenvalue weighted by atomic mass is 10.1. The molecule has 0 bridgehead atoms. The van der Waals surface area contributed by atoms with Gasteiger partial charge in [-0.3, -0.25) is 4.79 Å². The molecule has 0 aliphatic carbocycles. The normalized spacial score (nSPS) is 11.0. The second kappa shape index (κ2) is 6.77. The lowest BCUT2D eigenvalue weighted by Gasteiger charge is -2.11. The topological polar surface area (TPSA) is 62.5 Å². The van der Waals surface area contributed by atoms with E-state index in [4.69, 9.17) is 5.11 Å². The molecule has 0 spiro atoms. The Morgan fingerprint density at radius 1 is 0.957 bits per heavy atom. The molecule has 0 radical (unpaired) electrons. The maximum atomic E-state index is 12.3. The van der Waals surface area contributed by atoms with Crippen molar-refractivity contribution in [2.24, 2.45) is 0 Å². The van der Waals surface area contributed by atoms with E-state index >= 15 is 0 Å². The monoisotopic (exact) mass is 309 g/mol. The van der Waals surface area contributed by atoms with Gasteiger partial charge < -0.3 is 14.8 Å². The number of aliphatic hydroxyl groups excluding tert-OH is 2. The summed E-state index contributed by atoms with van der Waals surface area (Å²) in [6.07, 6.45) is 2.66. The van der Waals surface area contributed by atoms with Crippen LogP contribution in [0.4, 0.5) is 0 Å². The molecule has 2 aromatic carbocycles. The van der Waals surface area contributed by atoms with E-state index in [0.717, 1.165) is 22.2 Å². The molecule has 2 N–H and O–H groups in total. The molecular formula is C19H19NO3. The van der Waals surface area contributed by atoms with E-state index in [1.807, 2.05) is 53.2 Å². The van der Waals surface area contributed by atoms with Crippen LogP contribution in [-0.4, -0.2) is 33.8 Å². The van der Waals surface area contributed by atoms with Crippen LogP contribution >= 0.6 is 0 Å². The Bertz CT molecular complexity index is 836. The lowest BCUT2D eigenvalue weighted by molar-refractivity contribution is 0.0956. The van der Waals surface area contributed by atoms with E-state index in [-0.39, 0.29) is 25.4 Å². The molecule has 3 aromatic rings. The summed E-state index contributed by atoms with van der Waals surface area (Å²) in [6.45, 7) is -0.0749. The molecule has 0 aliphatic heterocycles. The molecule has 118 valence electrons. The number of nitrogens with zero attached hydrogens (tertiary/aromatic N) is 1. The van der Waals surface area contributed by atoms with Crippen LogP contribution in [0.5, 0.6) is 0 Å². The minimum Gasteiger partial charge on any atom is -0.396 e. The van der Waals surface area contributed by atoms with Crippen LogP contribution in [0.2, 0.25) is 0 Å². The number of hydrogen-bond acceptors (Lipinski definition) is 3. The molecule has 23 heavy (non-hydrogen) atoms. The summed E-state index contributed by atoms with van der Waals surface area (Å²) >= 11 is 0. The number of ketones is 1. The second-order valence-corrected chi connectivity index (χ2v) is 5.43. The SMILES string of the molecule is O=C(CCO)c1ccccc1-n1cc(CCO)c2ccccc21. The summed E-state index contributed by atoms with van der Waals surface area (Å²) in [6, 6.07) is 15.4. The number of rotatable bonds is 6. The average molecular weight is 309 g/mol. The Kier molecular flexibility index (Phi) is 4.55. The average Bonchev–Trinajstić information content (AvgIpc) is 2.94. The summed E-state index contributed by atoms with van der Waals surface area (Å²) in [5, 5.41) is 19.4. The van der Waals surface area contributed by atoms with Gasteiger partial charge in [-0.25, -0.2) is 0 Å². The molecular weight excluding hydrogens is 290 g/mol. The van der Waals surface area contributed by atoms with Gasteiger partial charge in [0.05, 0.1) is 17.8 Å². The van der Waals surface area contributed by atoms with Crippen LogP contribution in [0.15, 0.2) is 54.7 Å². The van der Waals surface area contributed by atoms with Gasteiger partial charge in [0.25, 0.3) is 0 Å². The van der Waals surface area contributed by atoms with Crippen molar-refractivity contribution >= 4 is 16.7 Å². The van der Waals surface area contributed by atoms with Crippen molar-refractivity contribution in [1.82, 2.24) is 4.57 Å². The van der Waals surface area contributed by atoms with E-state index in [9.17, 15) is 9.90 Å². The predicted octanol–water partition coefficient (Wildman–Crippen LogP) is 2.73. The van der Waals surface area contributed by atoms with Crippen molar-refractivity contribution in [1.29, 1.82) is 0 Å². The van der Waals surface area contributed by atoms with E-state index in [2.05, 4.69) is 0 Å². The highest BCUT2D eigenvalue weighted by Crippen LogP contribution is 2.27. The largest absolute Gasteiger partial charge is 0.396 e. The molecule has 0 saturated carbocycles. The standard InChI is InChI=1S/C19H19NO3/c21-11-9-14-13-20(17-7-3-1-5-15(14)17)18-8-4-2-6-16(18)19(23)10-12-22/h1-8,13,21-22H,9-12H2. The molecule has 1 heterocycles. The first-order valence-electron chi connectivity index (χ1n) is 7.69. The molecule has 3 rings (SSSR count). The van der Waals surface area contributed by atoms with Crippen LogP contribution < -0.4 is 0 Å². The van der Waals surface area contributed by atoms with Gasteiger partial charge in [-0.05, 0) is 30.2 Å². The number of carbonyl (C=O) groups excluding carboxylic acids is 1. The number of para-hydroxylation sites is 2. The van der Waals surface area contributed by atoms with Crippen molar-refractivity contribution in [3.8, 4) is 5.69 Å². The predicted molar refractivity (Wildman–Crippen MR) is 90.1 cm³/mol. The third-order valence-electron chi connectivity index (χ3n) is 3.98. The Morgan fingerprint density at radius 2 is 1.70 bits per heavy atom. The number of aliphatic hydroxyl groups is 2. The Morgan fingerprint density at radius 3 is 2.48 bits per heavy atom. The van der Waals surface area contributed by atoms with Gasteiger partial charge in [-0.2, -0.15) is 0 Å². The van der Waals surface area contributed by atoms with Crippen molar-refractivity contribution in [2.45, 2.75) is 12.8 Å². The first kappa shape index (κ1) is 15.5. The molecule has 4 nitrogen and oxygen atoms in total.